The third-order valence-corrected chi connectivity index (χ3v) is 6.99. The van der Waals surface area contributed by atoms with Gasteiger partial charge in [-0.1, -0.05) is 30.7 Å². The monoisotopic (exact) mass is 486 g/mol. The van der Waals surface area contributed by atoms with Gasteiger partial charge in [-0.05, 0) is 29.7 Å². The molecule has 1 unspecified atom stereocenters. The predicted molar refractivity (Wildman–Crippen MR) is 131 cm³/mol. The van der Waals surface area contributed by atoms with Gasteiger partial charge in [0.25, 0.3) is 5.56 Å². The summed E-state index contributed by atoms with van der Waals surface area (Å²) in [6.45, 7) is 4.02. The number of piperidine rings is 1. The molecule has 0 amide bonds. The van der Waals surface area contributed by atoms with Gasteiger partial charge >= 0.3 is 0 Å². The first-order chi connectivity index (χ1) is 15.9. The van der Waals surface area contributed by atoms with Crippen molar-refractivity contribution in [2.24, 2.45) is 0 Å². The summed E-state index contributed by atoms with van der Waals surface area (Å²) in [5.41, 5.74) is 1.87. The molecular weight excluding hydrogens is 460 g/mol. The summed E-state index contributed by atoms with van der Waals surface area (Å²) in [5.74, 6) is 1.15. The van der Waals surface area contributed by atoms with E-state index in [2.05, 4.69) is 21.8 Å². The van der Waals surface area contributed by atoms with E-state index in [9.17, 15) is 9.00 Å². The van der Waals surface area contributed by atoms with Crippen LogP contribution in [0.25, 0.3) is 0 Å². The molecule has 2 aromatic heterocycles. The molecule has 33 heavy (non-hydrogen) atoms. The van der Waals surface area contributed by atoms with E-state index < -0.39 is 10.8 Å². The lowest BCUT2D eigenvalue weighted by molar-refractivity contribution is 0.170. The van der Waals surface area contributed by atoms with Crippen LogP contribution >= 0.6 is 11.6 Å². The molecule has 9 heteroatoms. The highest BCUT2D eigenvalue weighted by molar-refractivity contribution is 7.84. The van der Waals surface area contributed by atoms with Crippen molar-refractivity contribution >= 4 is 28.3 Å². The van der Waals surface area contributed by atoms with Gasteiger partial charge in [0.15, 0.2) is 0 Å². The summed E-state index contributed by atoms with van der Waals surface area (Å²) in [4.78, 5) is 24.5. The molecule has 3 heterocycles. The van der Waals surface area contributed by atoms with Crippen LogP contribution < -0.4 is 15.2 Å². The molecule has 0 N–H and O–H groups in total. The first-order valence-corrected chi connectivity index (χ1v) is 12.9. The Morgan fingerprint density at radius 1 is 1.12 bits per heavy atom. The lowest BCUT2D eigenvalue weighted by atomic mass is 10.1. The van der Waals surface area contributed by atoms with Crippen molar-refractivity contribution in [1.82, 2.24) is 14.5 Å². The first kappa shape index (κ1) is 23.4. The molecule has 1 saturated heterocycles. The molecule has 174 valence electrons. The van der Waals surface area contributed by atoms with Gasteiger partial charge in [-0.25, -0.2) is 9.97 Å². The van der Waals surface area contributed by atoms with E-state index in [1.54, 1.807) is 17.0 Å². The minimum Gasteiger partial charge on any atom is -0.488 e. The maximum Gasteiger partial charge on any atom is 0.254 e. The van der Waals surface area contributed by atoms with Crippen LogP contribution in [-0.2, 0) is 23.8 Å². The number of aryl methyl sites for hydroxylation is 1. The summed E-state index contributed by atoms with van der Waals surface area (Å²) in [6, 6.07) is 8.82. The third-order valence-electron chi connectivity index (χ3n) is 5.77. The molecule has 0 saturated carbocycles. The third kappa shape index (κ3) is 5.81. The Hall–Kier alpha value is -2.71. The van der Waals surface area contributed by atoms with Crippen LogP contribution in [0.2, 0.25) is 5.02 Å². The summed E-state index contributed by atoms with van der Waals surface area (Å²) in [7, 11) is -1.03. The fourth-order valence-corrected chi connectivity index (χ4v) is 4.51. The number of pyridine rings is 1. The van der Waals surface area contributed by atoms with Gasteiger partial charge in [0, 0.05) is 72.5 Å². The van der Waals surface area contributed by atoms with Gasteiger partial charge in [-0.3, -0.25) is 9.00 Å². The van der Waals surface area contributed by atoms with Crippen molar-refractivity contribution in [2.75, 3.05) is 24.2 Å². The quantitative estimate of drug-likeness (QED) is 0.507. The van der Waals surface area contributed by atoms with E-state index >= 15 is 0 Å². The molecule has 1 atom stereocenters. The van der Waals surface area contributed by atoms with E-state index in [1.807, 2.05) is 36.7 Å². The summed E-state index contributed by atoms with van der Waals surface area (Å²) in [6.07, 6.45) is 9.49. The van der Waals surface area contributed by atoms with Gasteiger partial charge in [0.1, 0.15) is 11.9 Å². The van der Waals surface area contributed by atoms with Gasteiger partial charge < -0.3 is 14.2 Å². The Morgan fingerprint density at radius 2 is 1.79 bits per heavy atom. The average molecular weight is 487 g/mol. The molecule has 7 nitrogen and oxygen atoms in total. The van der Waals surface area contributed by atoms with Crippen molar-refractivity contribution in [2.45, 2.75) is 43.7 Å². The minimum absolute atomic E-state index is 0.0219. The van der Waals surface area contributed by atoms with Gasteiger partial charge in [0.05, 0.1) is 11.6 Å². The Morgan fingerprint density at radius 3 is 2.39 bits per heavy atom. The second-order valence-electron chi connectivity index (χ2n) is 8.10. The number of aromatic nitrogens is 3. The molecule has 3 aromatic rings. The summed E-state index contributed by atoms with van der Waals surface area (Å²) >= 11 is 6.45. The second kappa shape index (κ2) is 10.5. The fourth-order valence-electron chi connectivity index (χ4n) is 3.77. The van der Waals surface area contributed by atoms with Crippen LogP contribution in [-0.4, -0.2) is 44.2 Å². The Bertz CT molecular complexity index is 1170. The number of halogens is 1. The topological polar surface area (TPSA) is 77.3 Å². The van der Waals surface area contributed by atoms with Crippen LogP contribution in [0.5, 0.6) is 5.75 Å². The van der Waals surface area contributed by atoms with E-state index in [-0.39, 0.29) is 11.7 Å². The first-order valence-electron chi connectivity index (χ1n) is 11.0. The zero-order valence-electron chi connectivity index (χ0n) is 18.7. The number of hydrogen-bond donors (Lipinski definition) is 0. The highest BCUT2D eigenvalue weighted by Gasteiger charge is 2.23. The Kier molecular flexibility index (Phi) is 7.45. The molecule has 0 radical (unpaired) electrons. The molecule has 1 fully saturated rings. The molecule has 1 aliphatic heterocycles. The van der Waals surface area contributed by atoms with Gasteiger partial charge in [-0.15, -0.1) is 0 Å². The van der Waals surface area contributed by atoms with Crippen molar-refractivity contribution in [3.63, 3.8) is 0 Å². The van der Waals surface area contributed by atoms with E-state index in [0.717, 1.165) is 54.3 Å². The lowest BCUT2D eigenvalue weighted by Gasteiger charge is -2.32. The number of anilines is 1. The summed E-state index contributed by atoms with van der Waals surface area (Å²) < 4.78 is 19.2. The molecule has 0 aliphatic carbocycles. The second-order valence-corrected chi connectivity index (χ2v) is 9.89. The number of rotatable bonds is 7. The molecule has 4 rings (SSSR count). The number of ether oxygens (including phenoxy) is 1. The normalized spacial score (nSPS) is 15.4. The maximum absolute atomic E-state index is 12.7. The molecular formula is C24H27ClN4O3S. The van der Waals surface area contributed by atoms with Crippen LogP contribution in [0.15, 0.2) is 58.6 Å². The van der Waals surface area contributed by atoms with Crippen molar-refractivity contribution in [3.8, 4) is 5.75 Å². The lowest BCUT2D eigenvalue weighted by Crippen LogP contribution is -2.39. The van der Waals surface area contributed by atoms with Crippen LogP contribution in [0.1, 0.15) is 30.9 Å². The largest absolute Gasteiger partial charge is 0.488 e. The van der Waals surface area contributed by atoms with Crippen LogP contribution in [0, 0.1) is 0 Å². The standard InChI is InChI=1S/C24H27ClN4O3S/c1-3-17-13-26-24(27-14-17)28-10-8-19(9-11-28)32-22-12-23(30)29(16-21(22)25)15-18-4-6-20(7-5-18)33(2)31/h4-7,12-14,16,19H,3,8-11,15H2,1-2H3. The average Bonchev–Trinajstić information content (AvgIpc) is 2.83. The highest BCUT2D eigenvalue weighted by atomic mass is 35.5. The van der Waals surface area contributed by atoms with E-state index in [0.29, 0.717) is 17.3 Å². The number of benzene rings is 1. The predicted octanol–water partition coefficient (Wildman–Crippen LogP) is 3.69. The number of hydrogen-bond acceptors (Lipinski definition) is 6. The molecule has 1 aromatic carbocycles. The maximum atomic E-state index is 12.7. The van der Waals surface area contributed by atoms with Crippen LogP contribution in [0.3, 0.4) is 0 Å². The Balaban J connectivity index is 1.37. The molecule has 0 bridgehead atoms. The van der Waals surface area contributed by atoms with Crippen LogP contribution in [0.4, 0.5) is 5.95 Å². The van der Waals surface area contributed by atoms with Crippen molar-refractivity contribution in [1.29, 1.82) is 0 Å². The van der Waals surface area contributed by atoms with Crippen molar-refractivity contribution in [3.05, 3.63) is 75.4 Å². The summed E-state index contributed by atoms with van der Waals surface area (Å²) in [5, 5.41) is 0.404. The SMILES string of the molecule is CCc1cnc(N2CCC(Oc3cc(=O)n(Cc4ccc(S(C)=O)cc4)cc3Cl)CC2)nc1. The van der Waals surface area contributed by atoms with E-state index in [1.165, 1.54) is 6.07 Å². The number of nitrogens with zero attached hydrogens (tertiary/aromatic N) is 4. The smallest absolute Gasteiger partial charge is 0.254 e. The Labute approximate surface area is 200 Å². The highest BCUT2D eigenvalue weighted by Crippen LogP contribution is 2.26. The van der Waals surface area contributed by atoms with E-state index in [4.69, 9.17) is 16.3 Å². The fraction of sp³-hybridized carbons (Fsp3) is 0.375. The van der Waals surface area contributed by atoms with Gasteiger partial charge in [-0.2, -0.15) is 0 Å². The molecule has 0 spiro atoms. The molecule has 1 aliphatic rings. The van der Waals surface area contributed by atoms with Crippen molar-refractivity contribution < 1.29 is 8.95 Å². The minimum atomic E-state index is -1.03. The zero-order chi connectivity index (χ0) is 23.4. The van der Waals surface area contributed by atoms with Gasteiger partial charge in [0.2, 0.25) is 5.95 Å². The zero-order valence-corrected chi connectivity index (χ0v) is 20.3.